The number of aliphatic hydroxyl groups excluding tert-OH is 1. The van der Waals surface area contributed by atoms with Crippen molar-refractivity contribution in [3.05, 3.63) is 33.8 Å². The second-order valence-corrected chi connectivity index (χ2v) is 5.05. The van der Waals surface area contributed by atoms with Gasteiger partial charge in [-0.1, -0.05) is 28.8 Å². The molecule has 1 aromatic carbocycles. The molecular formula is C13H16BrF2NO2. The molecule has 0 bridgehead atoms. The number of carbonyl (C=O) groups is 1. The molecule has 0 saturated heterocycles. The molecule has 1 rings (SSSR count). The molecular weight excluding hydrogens is 320 g/mol. The summed E-state index contributed by atoms with van der Waals surface area (Å²) in [6, 6.07) is 2.11. The summed E-state index contributed by atoms with van der Waals surface area (Å²) in [5.41, 5.74) is -0.557. The van der Waals surface area contributed by atoms with Crippen LogP contribution in [-0.2, 0) is 0 Å². The van der Waals surface area contributed by atoms with Crippen LogP contribution in [-0.4, -0.2) is 24.2 Å². The van der Waals surface area contributed by atoms with Crippen LogP contribution < -0.4 is 5.32 Å². The Balaban J connectivity index is 2.46. The Hall–Kier alpha value is -1.01. The number of hydrogen-bond acceptors (Lipinski definition) is 2. The van der Waals surface area contributed by atoms with Crippen LogP contribution in [0.3, 0.4) is 0 Å². The molecule has 19 heavy (non-hydrogen) atoms. The first-order chi connectivity index (χ1) is 9.06. The van der Waals surface area contributed by atoms with Gasteiger partial charge in [-0.3, -0.25) is 4.79 Å². The minimum atomic E-state index is -0.885. The van der Waals surface area contributed by atoms with Gasteiger partial charge in [0.05, 0.1) is 0 Å². The van der Waals surface area contributed by atoms with E-state index in [-0.39, 0.29) is 11.1 Å². The van der Waals surface area contributed by atoms with Crippen LogP contribution in [0.2, 0.25) is 0 Å². The van der Waals surface area contributed by atoms with E-state index in [0.29, 0.717) is 13.0 Å². The van der Waals surface area contributed by atoms with Crippen LogP contribution in [0.15, 0.2) is 16.6 Å². The number of carbonyl (C=O) groups excluding carboxylic acids is 1. The van der Waals surface area contributed by atoms with Gasteiger partial charge in [-0.05, 0) is 25.0 Å². The highest BCUT2D eigenvalue weighted by molar-refractivity contribution is 9.10. The first-order valence-corrected chi connectivity index (χ1v) is 6.89. The van der Waals surface area contributed by atoms with Crippen LogP contribution in [0.25, 0.3) is 0 Å². The zero-order chi connectivity index (χ0) is 14.3. The van der Waals surface area contributed by atoms with Gasteiger partial charge in [-0.15, -0.1) is 0 Å². The normalized spacial score (nSPS) is 10.5. The Kier molecular flexibility index (Phi) is 6.94. The Labute approximate surface area is 119 Å². The molecule has 0 radical (unpaired) electrons. The maximum atomic E-state index is 13.5. The average Bonchev–Trinajstić information content (AvgIpc) is 2.32. The third-order valence-corrected chi connectivity index (χ3v) is 3.06. The predicted molar refractivity (Wildman–Crippen MR) is 71.9 cm³/mol. The first kappa shape index (κ1) is 16.0. The maximum Gasteiger partial charge on any atom is 0.257 e. The van der Waals surface area contributed by atoms with Gasteiger partial charge < -0.3 is 10.4 Å². The molecule has 6 heteroatoms. The van der Waals surface area contributed by atoms with Crippen molar-refractivity contribution in [2.75, 3.05) is 13.2 Å². The van der Waals surface area contributed by atoms with Gasteiger partial charge in [0, 0.05) is 17.6 Å². The fraction of sp³-hybridized carbons (Fsp3) is 0.462. The van der Waals surface area contributed by atoms with Crippen LogP contribution in [0.4, 0.5) is 8.78 Å². The summed E-state index contributed by atoms with van der Waals surface area (Å²) in [6.45, 7) is 0.515. The summed E-state index contributed by atoms with van der Waals surface area (Å²) in [4.78, 5) is 11.6. The van der Waals surface area contributed by atoms with Gasteiger partial charge >= 0.3 is 0 Å². The lowest BCUT2D eigenvalue weighted by atomic mass is 10.1. The van der Waals surface area contributed by atoms with Crippen LogP contribution >= 0.6 is 15.9 Å². The number of unbranched alkanes of at least 4 members (excludes halogenated alkanes) is 3. The molecule has 2 N–H and O–H groups in total. The first-order valence-electron chi connectivity index (χ1n) is 6.10. The van der Waals surface area contributed by atoms with Crippen molar-refractivity contribution in [3.8, 4) is 0 Å². The molecule has 106 valence electrons. The second kappa shape index (κ2) is 8.22. The van der Waals surface area contributed by atoms with E-state index >= 15 is 0 Å². The Morgan fingerprint density at radius 3 is 2.32 bits per heavy atom. The molecule has 0 heterocycles. The third-order valence-electron chi connectivity index (χ3n) is 2.60. The van der Waals surface area contributed by atoms with Crippen molar-refractivity contribution < 1.29 is 18.7 Å². The van der Waals surface area contributed by atoms with Crippen molar-refractivity contribution in [1.82, 2.24) is 5.32 Å². The van der Waals surface area contributed by atoms with Crippen molar-refractivity contribution in [2.45, 2.75) is 25.7 Å². The van der Waals surface area contributed by atoms with E-state index in [9.17, 15) is 13.6 Å². The van der Waals surface area contributed by atoms with Crippen molar-refractivity contribution in [3.63, 3.8) is 0 Å². The number of aliphatic hydroxyl groups is 1. The molecule has 0 aliphatic carbocycles. The summed E-state index contributed by atoms with van der Waals surface area (Å²) in [5, 5.41) is 11.1. The molecule has 1 aromatic rings. The molecule has 0 saturated carbocycles. The van der Waals surface area contributed by atoms with E-state index in [4.69, 9.17) is 5.11 Å². The summed E-state index contributed by atoms with van der Waals surface area (Å²) in [5.74, 6) is -2.51. The number of rotatable bonds is 7. The fourth-order valence-corrected chi connectivity index (χ4v) is 2.04. The van der Waals surface area contributed by atoms with Gasteiger partial charge in [0.15, 0.2) is 0 Å². The maximum absolute atomic E-state index is 13.5. The molecule has 0 unspecified atom stereocenters. The number of amides is 1. The lowest BCUT2D eigenvalue weighted by Crippen LogP contribution is -2.26. The molecule has 0 fully saturated rings. The number of benzene rings is 1. The topological polar surface area (TPSA) is 49.3 Å². The Bertz CT molecular complexity index is 418. The van der Waals surface area contributed by atoms with Gasteiger partial charge in [-0.25, -0.2) is 8.78 Å². The highest BCUT2D eigenvalue weighted by Gasteiger charge is 2.17. The van der Waals surface area contributed by atoms with Crippen LogP contribution in [0, 0.1) is 11.6 Å². The zero-order valence-electron chi connectivity index (χ0n) is 10.4. The third kappa shape index (κ3) is 5.24. The summed E-state index contributed by atoms with van der Waals surface area (Å²) in [7, 11) is 0. The van der Waals surface area contributed by atoms with E-state index in [1.54, 1.807) is 0 Å². The number of hydrogen-bond donors (Lipinski definition) is 2. The quantitative estimate of drug-likeness (QED) is 0.752. The standard InChI is InChI=1S/C13H16BrF2NO2/c14-9-7-10(15)12(11(16)8-9)13(19)17-5-3-1-2-4-6-18/h7-8,18H,1-6H2,(H,17,19). The summed E-state index contributed by atoms with van der Waals surface area (Å²) < 4.78 is 27.2. The van der Waals surface area contributed by atoms with E-state index in [1.807, 2.05) is 0 Å². The zero-order valence-corrected chi connectivity index (χ0v) is 12.0. The summed E-state index contributed by atoms with van der Waals surface area (Å²) >= 11 is 2.95. The van der Waals surface area contributed by atoms with Crippen LogP contribution in [0.1, 0.15) is 36.0 Å². The molecule has 1 amide bonds. The Morgan fingerprint density at radius 1 is 1.16 bits per heavy atom. The molecule has 0 aliphatic heterocycles. The second-order valence-electron chi connectivity index (χ2n) is 4.14. The monoisotopic (exact) mass is 335 g/mol. The van der Waals surface area contributed by atoms with Crippen molar-refractivity contribution in [2.24, 2.45) is 0 Å². The van der Waals surface area contributed by atoms with Gasteiger partial charge in [0.1, 0.15) is 17.2 Å². The van der Waals surface area contributed by atoms with Gasteiger partial charge in [0.2, 0.25) is 0 Å². The largest absolute Gasteiger partial charge is 0.396 e. The smallest absolute Gasteiger partial charge is 0.257 e. The predicted octanol–water partition coefficient (Wildman–Crippen LogP) is 3.01. The minimum Gasteiger partial charge on any atom is -0.396 e. The molecule has 0 atom stereocenters. The van der Waals surface area contributed by atoms with E-state index in [1.165, 1.54) is 0 Å². The van der Waals surface area contributed by atoms with Gasteiger partial charge in [-0.2, -0.15) is 0 Å². The highest BCUT2D eigenvalue weighted by atomic mass is 79.9. The highest BCUT2D eigenvalue weighted by Crippen LogP contribution is 2.19. The van der Waals surface area contributed by atoms with Crippen LogP contribution in [0.5, 0.6) is 0 Å². The molecule has 3 nitrogen and oxygen atoms in total. The molecule has 0 spiro atoms. The average molecular weight is 336 g/mol. The Morgan fingerprint density at radius 2 is 1.74 bits per heavy atom. The van der Waals surface area contributed by atoms with E-state index in [0.717, 1.165) is 31.4 Å². The van der Waals surface area contributed by atoms with E-state index < -0.39 is 23.1 Å². The minimum absolute atomic E-state index is 0.154. The number of halogens is 3. The lowest BCUT2D eigenvalue weighted by Gasteiger charge is -2.07. The van der Waals surface area contributed by atoms with Crippen molar-refractivity contribution >= 4 is 21.8 Å². The van der Waals surface area contributed by atoms with Gasteiger partial charge in [0.25, 0.3) is 5.91 Å². The molecule has 0 aromatic heterocycles. The van der Waals surface area contributed by atoms with E-state index in [2.05, 4.69) is 21.2 Å². The SMILES string of the molecule is O=C(NCCCCCCO)c1c(F)cc(Br)cc1F. The molecule has 0 aliphatic rings. The lowest BCUT2D eigenvalue weighted by molar-refractivity contribution is 0.0944. The van der Waals surface area contributed by atoms with Crippen molar-refractivity contribution in [1.29, 1.82) is 0 Å². The number of nitrogens with one attached hydrogen (secondary N) is 1. The summed E-state index contributed by atoms with van der Waals surface area (Å²) in [6.07, 6.45) is 3.16. The fourth-order valence-electron chi connectivity index (χ4n) is 1.64.